The van der Waals surface area contributed by atoms with Crippen LogP contribution in [0, 0.1) is 0 Å². The minimum absolute atomic E-state index is 0.144. The molecule has 2 aromatic heterocycles. The number of aromatic amines is 1. The quantitative estimate of drug-likeness (QED) is 0.496. The lowest BCUT2D eigenvalue weighted by molar-refractivity contribution is -0.404. The summed E-state index contributed by atoms with van der Waals surface area (Å²) in [4.78, 5) is 18.8. The Bertz CT molecular complexity index is 742. The first-order chi connectivity index (χ1) is 9.61. The number of nitrogens with zero attached hydrogens (tertiary/aromatic N) is 1. The van der Waals surface area contributed by atoms with Gasteiger partial charge >= 0.3 is 10.7 Å². The van der Waals surface area contributed by atoms with Crippen LogP contribution in [0.5, 0.6) is 0 Å². The second kappa shape index (κ2) is 5.37. The number of aryl methyl sites for hydroxylation is 2. The highest BCUT2D eigenvalue weighted by Crippen LogP contribution is 2.33. The first-order valence-corrected chi connectivity index (χ1v) is 8.94. The van der Waals surface area contributed by atoms with Crippen LogP contribution in [-0.4, -0.2) is 10.8 Å². The van der Waals surface area contributed by atoms with Crippen molar-refractivity contribution in [2.75, 3.05) is 6.26 Å². The van der Waals surface area contributed by atoms with Gasteiger partial charge in [-0.1, -0.05) is 17.9 Å². The van der Waals surface area contributed by atoms with E-state index in [1.807, 2.05) is 17.7 Å². The maximum absolute atomic E-state index is 12.9. The van der Waals surface area contributed by atoms with E-state index in [1.165, 1.54) is 23.3 Å². The molecule has 0 fully saturated rings. The molecule has 0 amide bonds. The maximum Gasteiger partial charge on any atom is 0.347 e. The van der Waals surface area contributed by atoms with Gasteiger partial charge in [0.05, 0.1) is 0 Å². The third-order valence-electron chi connectivity index (χ3n) is 3.72. The Morgan fingerprint density at radius 3 is 2.90 bits per heavy atom. The predicted molar refractivity (Wildman–Crippen MR) is 85.9 cm³/mol. The Labute approximate surface area is 126 Å². The van der Waals surface area contributed by atoms with Crippen molar-refractivity contribution in [2.24, 2.45) is 0 Å². The van der Waals surface area contributed by atoms with E-state index in [0.717, 1.165) is 33.8 Å². The van der Waals surface area contributed by atoms with Gasteiger partial charge in [-0.05, 0) is 61.8 Å². The van der Waals surface area contributed by atoms with E-state index in [4.69, 9.17) is 0 Å². The zero-order valence-electron chi connectivity index (χ0n) is 11.9. The molecule has 1 N–H and O–H groups in total. The topological polar surface area (TPSA) is 36.1 Å². The Morgan fingerprint density at radius 1 is 1.45 bits per heavy atom. The van der Waals surface area contributed by atoms with Gasteiger partial charge in [0, 0.05) is 4.88 Å². The molecule has 0 spiro atoms. The average molecular weight is 307 g/mol. The molecule has 20 heavy (non-hydrogen) atoms. The first-order valence-electron chi connectivity index (χ1n) is 6.90. The Balaban J connectivity index is 2.30. The van der Waals surface area contributed by atoms with Crippen molar-refractivity contribution in [3.8, 4) is 0 Å². The van der Waals surface area contributed by atoms with Gasteiger partial charge in [0.15, 0.2) is 4.83 Å². The fourth-order valence-electron chi connectivity index (χ4n) is 2.85. The lowest BCUT2D eigenvalue weighted by Gasteiger charge is -2.09. The van der Waals surface area contributed by atoms with Crippen LogP contribution < -0.4 is 10.5 Å². The van der Waals surface area contributed by atoms with Crippen LogP contribution in [-0.2, 0) is 19.4 Å². The van der Waals surface area contributed by atoms with Crippen molar-refractivity contribution in [2.45, 2.75) is 44.3 Å². The highest BCUT2D eigenvalue weighted by atomic mass is 32.2. The summed E-state index contributed by atoms with van der Waals surface area (Å²) in [7, 11) is 0. The number of H-pyrrole nitrogens is 1. The number of rotatable bonds is 3. The molecule has 0 radical (unpaired) electrons. The lowest BCUT2D eigenvalue weighted by Crippen LogP contribution is -2.30. The van der Waals surface area contributed by atoms with Gasteiger partial charge in [-0.15, -0.1) is 0 Å². The molecular formula is C15H19N2OS2+. The van der Waals surface area contributed by atoms with Crippen LogP contribution in [0.1, 0.15) is 30.2 Å². The number of nitrogens with one attached hydrogen (secondary N) is 1. The second-order valence-corrected chi connectivity index (χ2v) is 7.30. The Hall–Kier alpha value is -1.07. The monoisotopic (exact) mass is 307 g/mol. The molecule has 0 aromatic carbocycles. The molecule has 2 heterocycles. The number of aromatic nitrogens is 2. The normalized spacial score (nSPS) is 14.5. The lowest BCUT2D eigenvalue weighted by atomic mass is 9.97. The molecule has 2 aromatic rings. The third kappa shape index (κ3) is 2.23. The number of allylic oxidation sites excluding steroid dienone is 1. The van der Waals surface area contributed by atoms with Crippen LogP contribution in [0.15, 0.2) is 22.1 Å². The van der Waals surface area contributed by atoms with Crippen LogP contribution in [0.2, 0.25) is 0 Å². The molecule has 0 saturated heterocycles. The Kier molecular flexibility index (Phi) is 3.73. The van der Waals surface area contributed by atoms with Gasteiger partial charge in [-0.3, -0.25) is 0 Å². The largest absolute Gasteiger partial charge is 0.347 e. The fraction of sp³-hybridized carbons (Fsp3) is 0.467. The summed E-state index contributed by atoms with van der Waals surface area (Å²) >= 11 is 3.35. The van der Waals surface area contributed by atoms with Gasteiger partial charge < -0.3 is 0 Å². The summed E-state index contributed by atoms with van der Waals surface area (Å²) < 4.78 is 1.83. The molecule has 0 atom stereocenters. The van der Waals surface area contributed by atoms with Crippen molar-refractivity contribution < 1.29 is 4.98 Å². The van der Waals surface area contributed by atoms with E-state index in [-0.39, 0.29) is 5.56 Å². The molecule has 0 bridgehead atoms. The predicted octanol–water partition coefficient (Wildman–Crippen LogP) is 3.05. The zero-order valence-corrected chi connectivity index (χ0v) is 13.5. The first kappa shape index (κ1) is 13.9. The average Bonchev–Trinajstić information content (AvgIpc) is 2.79. The van der Waals surface area contributed by atoms with E-state index in [9.17, 15) is 4.79 Å². The zero-order chi connectivity index (χ0) is 14.3. The fourth-order valence-corrected chi connectivity index (χ4v) is 4.76. The smallest absolute Gasteiger partial charge is 0.241 e. The highest BCUT2D eigenvalue weighted by Gasteiger charge is 2.25. The minimum atomic E-state index is 0.144. The molecule has 1 aliphatic carbocycles. The van der Waals surface area contributed by atoms with Gasteiger partial charge in [0.25, 0.3) is 0 Å². The number of thioether (sulfide) groups is 1. The molecule has 0 aliphatic heterocycles. The summed E-state index contributed by atoms with van der Waals surface area (Å²) in [6.45, 7) is 6.49. The van der Waals surface area contributed by atoms with E-state index < -0.39 is 0 Å². The number of hydrogen-bond acceptors (Lipinski definition) is 3. The number of hydrogen-bond donors (Lipinski definition) is 0. The van der Waals surface area contributed by atoms with Crippen LogP contribution in [0.4, 0.5) is 0 Å². The minimum Gasteiger partial charge on any atom is -0.241 e. The van der Waals surface area contributed by atoms with E-state index >= 15 is 0 Å². The van der Waals surface area contributed by atoms with Crippen LogP contribution >= 0.6 is 23.1 Å². The van der Waals surface area contributed by atoms with Crippen molar-refractivity contribution in [3.63, 3.8) is 0 Å². The van der Waals surface area contributed by atoms with Crippen molar-refractivity contribution >= 4 is 33.3 Å². The second-order valence-electron chi connectivity index (χ2n) is 5.40. The van der Waals surface area contributed by atoms with E-state index in [2.05, 4.69) is 11.6 Å². The van der Waals surface area contributed by atoms with Crippen molar-refractivity contribution in [1.82, 2.24) is 4.57 Å². The summed E-state index contributed by atoms with van der Waals surface area (Å²) in [5, 5.41) is 1.84. The molecule has 3 rings (SSSR count). The summed E-state index contributed by atoms with van der Waals surface area (Å²) in [6.07, 6.45) is 6.61. The number of thiophene rings is 1. The van der Waals surface area contributed by atoms with E-state index in [0.29, 0.717) is 6.54 Å². The van der Waals surface area contributed by atoms with Crippen molar-refractivity contribution in [3.05, 3.63) is 32.9 Å². The molecular weight excluding hydrogens is 288 g/mol. The third-order valence-corrected chi connectivity index (χ3v) is 5.63. The summed E-state index contributed by atoms with van der Waals surface area (Å²) in [5.41, 5.74) is 2.44. The molecule has 106 valence electrons. The standard InChI is InChI=1S/C15H18N2OS2/c1-9(2)8-17-14(18)12-10-6-4-5-7-11(10)20-13(12)16-15(17)19-3/h1,4-8H2,2-3H3/p+1. The van der Waals surface area contributed by atoms with Gasteiger partial charge in [-0.2, -0.15) is 4.57 Å². The molecule has 1 aliphatic rings. The summed E-state index contributed by atoms with van der Waals surface area (Å²) in [6, 6.07) is 0. The van der Waals surface area contributed by atoms with Crippen molar-refractivity contribution in [1.29, 1.82) is 0 Å². The van der Waals surface area contributed by atoms with E-state index in [1.54, 1.807) is 23.1 Å². The van der Waals surface area contributed by atoms with Crippen LogP contribution in [0.3, 0.4) is 0 Å². The van der Waals surface area contributed by atoms with Gasteiger partial charge in [0.1, 0.15) is 11.9 Å². The highest BCUT2D eigenvalue weighted by molar-refractivity contribution is 7.98. The number of fused-ring (bicyclic) bond motifs is 3. The summed E-state index contributed by atoms with van der Waals surface area (Å²) in [5.74, 6) is 0. The van der Waals surface area contributed by atoms with Gasteiger partial charge in [-0.25, -0.2) is 9.78 Å². The van der Waals surface area contributed by atoms with Crippen LogP contribution in [0.25, 0.3) is 10.2 Å². The molecule has 5 heteroatoms. The maximum atomic E-state index is 12.9. The molecule has 0 saturated carbocycles. The molecule has 3 nitrogen and oxygen atoms in total. The molecule has 0 unspecified atom stereocenters. The van der Waals surface area contributed by atoms with Gasteiger partial charge in [0.2, 0.25) is 0 Å². The Morgan fingerprint density at radius 2 is 2.20 bits per heavy atom. The SMILES string of the molecule is C=C(C)Cn1c(SC)[nH+]c2sc3c(c2c1=O)CCCC3.